The number of fused-ring (bicyclic) bond motifs is 1. The van der Waals surface area contributed by atoms with Gasteiger partial charge in [-0.1, -0.05) is 17.7 Å². The summed E-state index contributed by atoms with van der Waals surface area (Å²) in [6, 6.07) is 5.85. The van der Waals surface area contributed by atoms with E-state index in [0.717, 1.165) is 12.2 Å². The Morgan fingerprint density at radius 2 is 2.24 bits per heavy atom. The summed E-state index contributed by atoms with van der Waals surface area (Å²) in [4.78, 5) is 1.24. The minimum atomic E-state index is 0.471. The molecule has 0 atom stereocenters. The smallest absolute Gasteiger partial charge is 0.185 e. The van der Waals surface area contributed by atoms with Crippen molar-refractivity contribution in [3.05, 3.63) is 45.5 Å². The second-order valence-corrected chi connectivity index (χ2v) is 5.08. The first-order valence-electron chi connectivity index (χ1n) is 5.05. The van der Waals surface area contributed by atoms with Crippen molar-refractivity contribution in [2.24, 2.45) is 0 Å². The van der Waals surface area contributed by atoms with Crippen LogP contribution in [-0.4, -0.2) is 14.6 Å². The minimum Gasteiger partial charge on any atom is -0.394 e. The maximum absolute atomic E-state index is 5.94. The molecule has 6 heteroatoms. The first kappa shape index (κ1) is 10.6. The highest BCUT2D eigenvalue weighted by Crippen LogP contribution is 2.23. The Morgan fingerprint density at radius 3 is 3.00 bits per heavy atom. The number of anilines is 1. The predicted octanol–water partition coefficient (Wildman–Crippen LogP) is 2.62. The van der Waals surface area contributed by atoms with Gasteiger partial charge in [0.05, 0.1) is 10.7 Å². The lowest BCUT2D eigenvalue weighted by Gasteiger charge is -2.01. The summed E-state index contributed by atoms with van der Waals surface area (Å²) in [7, 11) is 0. The second kappa shape index (κ2) is 4.01. The minimum absolute atomic E-state index is 0.471. The zero-order valence-corrected chi connectivity index (χ0v) is 10.4. The van der Waals surface area contributed by atoms with Gasteiger partial charge < -0.3 is 5.73 Å². The number of nitrogens with two attached hydrogens (primary N) is 1. The topological polar surface area (TPSA) is 56.2 Å². The summed E-state index contributed by atoms with van der Waals surface area (Å²) in [6.45, 7) is 0. The standard InChI is InChI=1S/C11H9ClN4S/c12-8-3-4-16-9(6-7-2-1-5-17-7)14-15-11(16)10(8)13/h1-5H,6,13H2. The van der Waals surface area contributed by atoms with Crippen LogP contribution >= 0.6 is 22.9 Å². The quantitative estimate of drug-likeness (QED) is 0.774. The van der Waals surface area contributed by atoms with Crippen LogP contribution in [-0.2, 0) is 6.42 Å². The van der Waals surface area contributed by atoms with E-state index in [1.165, 1.54) is 4.88 Å². The van der Waals surface area contributed by atoms with Crippen molar-refractivity contribution in [1.29, 1.82) is 0 Å². The number of rotatable bonds is 2. The largest absolute Gasteiger partial charge is 0.394 e. The Morgan fingerprint density at radius 1 is 1.35 bits per heavy atom. The Bertz CT molecular complexity index is 659. The molecular weight excluding hydrogens is 256 g/mol. The third-order valence-electron chi connectivity index (χ3n) is 2.55. The van der Waals surface area contributed by atoms with Gasteiger partial charge in [-0.15, -0.1) is 21.5 Å². The zero-order valence-electron chi connectivity index (χ0n) is 8.80. The van der Waals surface area contributed by atoms with Crippen molar-refractivity contribution >= 4 is 34.3 Å². The SMILES string of the molecule is Nc1c(Cl)ccn2c(Cc3cccs3)nnc12. The lowest BCUT2D eigenvalue weighted by molar-refractivity contribution is 0.945. The fraction of sp³-hybridized carbons (Fsp3) is 0.0909. The van der Waals surface area contributed by atoms with E-state index in [0.29, 0.717) is 16.4 Å². The highest BCUT2D eigenvalue weighted by Gasteiger charge is 2.10. The summed E-state index contributed by atoms with van der Waals surface area (Å²) in [5, 5.41) is 10.8. The molecule has 3 rings (SSSR count). The highest BCUT2D eigenvalue weighted by atomic mass is 35.5. The Hall–Kier alpha value is -1.59. The van der Waals surface area contributed by atoms with Crippen LogP contribution in [0.15, 0.2) is 29.8 Å². The van der Waals surface area contributed by atoms with Gasteiger partial charge in [0, 0.05) is 17.5 Å². The highest BCUT2D eigenvalue weighted by molar-refractivity contribution is 7.09. The van der Waals surface area contributed by atoms with E-state index in [-0.39, 0.29) is 0 Å². The first-order chi connectivity index (χ1) is 8.25. The molecule has 0 fully saturated rings. The van der Waals surface area contributed by atoms with Gasteiger partial charge in [0.15, 0.2) is 5.65 Å². The monoisotopic (exact) mass is 264 g/mol. The molecule has 0 bridgehead atoms. The molecule has 0 aromatic carbocycles. The Balaban J connectivity index is 2.10. The van der Waals surface area contributed by atoms with Crippen molar-refractivity contribution < 1.29 is 0 Å². The van der Waals surface area contributed by atoms with Crippen molar-refractivity contribution in [2.75, 3.05) is 5.73 Å². The molecule has 2 N–H and O–H groups in total. The van der Waals surface area contributed by atoms with E-state index >= 15 is 0 Å². The van der Waals surface area contributed by atoms with Gasteiger partial charge in [-0.2, -0.15) is 0 Å². The first-order valence-corrected chi connectivity index (χ1v) is 6.31. The van der Waals surface area contributed by atoms with Crippen molar-refractivity contribution in [3.8, 4) is 0 Å². The number of pyridine rings is 1. The third kappa shape index (κ3) is 1.77. The van der Waals surface area contributed by atoms with E-state index in [4.69, 9.17) is 17.3 Å². The van der Waals surface area contributed by atoms with E-state index in [2.05, 4.69) is 16.3 Å². The number of thiophene rings is 1. The fourth-order valence-corrected chi connectivity index (χ4v) is 2.53. The molecular formula is C11H9ClN4S. The van der Waals surface area contributed by atoms with Gasteiger partial charge >= 0.3 is 0 Å². The van der Waals surface area contributed by atoms with E-state index < -0.39 is 0 Å². The molecule has 0 aliphatic heterocycles. The average Bonchev–Trinajstić information content (AvgIpc) is 2.95. The normalized spacial score (nSPS) is 11.1. The lowest BCUT2D eigenvalue weighted by atomic mass is 10.3. The van der Waals surface area contributed by atoms with E-state index in [1.54, 1.807) is 17.4 Å². The van der Waals surface area contributed by atoms with Crippen LogP contribution in [0.3, 0.4) is 0 Å². The van der Waals surface area contributed by atoms with Crippen LogP contribution in [0.1, 0.15) is 10.7 Å². The van der Waals surface area contributed by atoms with Gasteiger partial charge in [0.25, 0.3) is 0 Å². The van der Waals surface area contributed by atoms with Crippen LogP contribution in [0, 0.1) is 0 Å². The molecule has 0 aliphatic carbocycles. The summed E-state index contributed by atoms with van der Waals surface area (Å²) >= 11 is 7.63. The molecule has 0 spiro atoms. The van der Waals surface area contributed by atoms with Gasteiger partial charge in [-0.3, -0.25) is 4.40 Å². The maximum Gasteiger partial charge on any atom is 0.185 e. The predicted molar refractivity (Wildman–Crippen MR) is 69.5 cm³/mol. The number of hydrogen-bond acceptors (Lipinski definition) is 4. The molecule has 86 valence electrons. The molecule has 3 aromatic rings. The van der Waals surface area contributed by atoms with Gasteiger partial charge in [0.2, 0.25) is 0 Å². The summed E-state index contributed by atoms with van der Waals surface area (Å²) in [6.07, 6.45) is 2.59. The molecule has 3 heterocycles. The summed E-state index contributed by atoms with van der Waals surface area (Å²) in [5.74, 6) is 0.866. The van der Waals surface area contributed by atoms with Crippen molar-refractivity contribution in [2.45, 2.75) is 6.42 Å². The second-order valence-electron chi connectivity index (χ2n) is 3.64. The fourth-order valence-electron chi connectivity index (χ4n) is 1.69. The van der Waals surface area contributed by atoms with Crippen LogP contribution in [0.4, 0.5) is 5.69 Å². The number of halogens is 1. The van der Waals surface area contributed by atoms with Crippen LogP contribution in [0.5, 0.6) is 0 Å². The molecule has 0 saturated heterocycles. The molecule has 0 radical (unpaired) electrons. The molecule has 3 aromatic heterocycles. The maximum atomic E-state index is 5.94. The molecule has 0 unspecified atom stereocenters. The Labute approximate surface area is 107 Å². The molecule has 0 amide bonds. The van der Waals surface area contributed by atoms with Crippen LogP contribution in [0.25, 0.3) is 5.65 Å². The van der Waals surface area contributed by atoms with Crippen LogP contribution < -0.4 is 5.73 Å². The van der Waals surface area contributed by atoms with E-state index in [1.807, 2.05) is 22.0 Å². The molecule has 0 saturated carbocycles. The lowest BCUT2D eigenvalue weighted by Crippen LogP contribution is -1.97. The molecule has 17 heavy (non-hydrogen) atoms. The zero-order chi connectivity index (χ0) is 11.8. The van der Waals surface area contributed by atoms with Crippen LogP contribution in [0.2, 0.25) is 5.02 Å². The summed E-state index contributed by atoms with van der Waals surface area (Å²) in [5.41, 5.74) is 6.94. The number of nitrogen functional groups attached to an aromatic ring is 1. The van der Waals surface area contributed by atoms with E-state index in [9.17, 15) is 0 Å². The number of nitrogens with zero attached hydrogens (tertiary/aromatic N) is 3. The number of aromatic nitrogens is 3. The van der Waals surface area contributed by atoms with Gasteiger partial charge in [-0.25, -0.2) is 0 Å². The third-order valence-corrected chi connectivity index (χ3v) is 3.75. The van der Waals surface area contributed by atoms with Crippen molar-refractivity contribution in [1.82, 2.24) is 14.6 Å². The molecule has 4 nitrogen and oxygen atoms in total. The van der Waals surface area contributed by atoms with Gasteiger partial charge in [0.1, 0.15) is 5.82 Å². The number of hydrogen-bond donors (Lipinski definition) is 1. The Kier molecular flexibility index (Phi) is 2.49. The van der Waals surface area contributed by atoms with Crippen molar-refractivity contribution in [3.63, 3.8) is 0 Å². The molecule has 0 aliphatic rings. The van der Waals surface area contributed by atoms with Gasteiger partial charge in [-0.05, 0) is 17.5 Å². The summed E-state index contributed by atoms with van der Waals surface area (Å²) < 4.78 is 1.88. The average molecular weight is 265 g/mol.